The van der Waals surface area contributed by atoms with Crippen molar-refractivity contribution in [2.45, 2.75) is 44.8 Å². The fourth-order valence-corrected chi connectivity index (χ4v) is 5.73. The Kier molecular flexibility index (Phi) is 9.41. The molecule has 2 aromatic rings. The van der Waals surface area contributed by atoms with E-state index >= 15 is 0 Å². The van der Waals surface area contributed by atoms with Gasteiger partial charge in [0.2, 0.25) is 0 Å². The molecule has 196 valence electrons. The lowest BCUT2D eigenvalue weighted by atomic mass is 9.97. The van der Waals surface area contributed by atoms with Gasteiger partial charge in [-0.15, -0.1) is 0 Å². The maximum atomic E-state index is 14.2. The van der Waals surface area contributed by atoms with Crippen LogP contribution in [0.15, 0.2) is 30.5 Å². The zero-order valence-corrected chi connectivity index (χ0v) is 22.2. The van der Waals surface area contributed by atoms with E-state index in [4.69, 9.17) is 28.9 Å². The minimum Gasteiger partial charge on any atom is -0.353 e. The highest BCUT2D eigenvalue weighted by molar-refractivity contribution is 6.33. The van der Waals surface area contributed by atoms with Crippen LogP contribution in [0, 0.1) is 5.82 Å². The molecule has 0 aliphatic carbocycles. The van der Waals surface area contributed by atoms with Crippen LogP contribution in [0.1, 0.15) is 42.1 Å². The minimum atomic E-state index is -0.233. The first-order valence-electron chi connectivity index (χ1n) is 12.7. The van der Waals surface area contributed by atoms with Gasteiger partial charge in [0, 0.05) is 68.1 Å². The maximum Gasteiger partial charge on any atom is 0.252 e. The Hall–Kier alpha value is -1.97. The van der Waals surface area contributed by atoms with Gasteiger partial charge in [-0.2, -0.15) is 0 Å². The van der Waals surface area contributed by atoms with Gasteiger partial charge in [-0.05, 0) is 50.6 Å². The molecule has 3 heterocycles. The summed E-state index contributed by atoms with van der Waals surface area (Å²) >= 11 is 12.4. The van der Waals surface area contributed by atoms with Gasteiger partial charge in [0.15, 0.2) is 0 Å². The highest BCUT2D eigenvalue weighted by Gasteiger charge is 2.34. The number of nitrogens with one attached hydrogen (secondary N) is 1. The topological polar surface area (TPSA) is 77.7 Å². The molecule has 0 unspecified atom stereocenters. The molecule has 2 saturated heterocycles. The summed E-state index contributed by atoms with van der Waals surface area (Å²) in [5.41, 5.74) is 6.60. The molecule has 7 nitrogen and oxygen atoms in total. The predicted octanol–water partition coefficient (Wildman–Crippen LogP) is 3.78. The van der Waals surface area contributed by atoms with Crippen LogP contribution in [0.5, 0.6) is 0 Å². The van der Waals surface area contributed by atoms with Crippen LogP contribution in [-0.2, 0) is 6.54 Å². The molecule has 0 bridgehead atoms. The number of likely N-dealkylation sites (tertiary alicyclic amines) is 1. The first-order valence-corrected chi connectivity index (χ1v) is 13.5. The van der Waals surface area contributed by atoms with Gasteiger partial charge in [0.1, 0.15) is 11.6 Å². The van der Waals surface area contributed by atoms with E-state index in [1.807, 2.05) is 0 Å². The zero-order chi connectivity index (χ0) is 25.7. The summed E-state index contributed by atoms with van der Waals surface area (Å²) in [6, 6.07) is 7.52. The highest BCUT2D eigenvalue weighted by Crippen LogP contribution is 2.30. The van der Waals surface area contributed by atoms with Crippen LogP contribution in [0.3, 0.4) is 0 Å². The van der Waals surface area contributed by atoms with Crippen molar-refractivity contribution in [1.82, 2.24) is 20.1 Å². The van der Waals surface area contributed by atoms with Gasteiger partial charge >= 0.3 is 0 Å². The molecule has 1 aromatic heterocycles. The van der Waals surface area contributed by atoms with Gasteiger partial charge in [-0.1, -0.05) is 36.2 Å². The van der Waals surface area contributed by atoms with Crippen LogP contribution in [0.2, 0.25) is 10.0 Å². The largest absolute Gasteiger partial charge is 0.353 e. The number of hydrogen-bond acceptors (Lipinski definition) is 6. The number of aromatic nitrogens is 1. The quantitative estimate of drug-likeness (QED) is 0.534. The molecule has 10 heteroatoms. The van der Waals surface area contributed by atoms with Crippen molar-refractivity contribution in [2.75, 3.05) is 50.7 Å². The number of nitrogens with two attached hydrogens (primary N) is 1. The third-order valence-corrected chi connectivity index (χ3v) is 7.76. The molecule has 1 amide bonds. The Morgan fingerprint density at radius 2 is 1.97 bits per heavy atom. The average Bonchev–Trinajstić information content (AvgIpc) is 2.89. The molecule has 0 radical (unpaired) electrons. The van der Waals surface area contributed by atoms with Crippen molar-refractivity contribution in [2.24, 2.45) is 5.73 Å². The number of anilines is 1. The van der Waals surface area contributed by atoms with E-state index in [0.29, 0.717) is 52.9 Å². The zero-order valence-electron chi connectivity index (χ0n) is 20.7. The van der Waals surface area contributed by atoms with Gasteiger partial charge in [0.25, 0.3) is 5.91 Å². The first kappa shape index (κ1) is 27.1. The van der Waals surface area contributed by atoms with Crippen molar-refractivity contribution < 1.29 is 9.18 Å². The van der Waals surface area contributed by atoms with E-state index in [9.17, 15) is 9.18 Å². The number of carbonyl (C=O) groups excluding carboxylic acids is 1. The van der Waals surface area contributed by atoms with E-state index in [2.05, 4.69) is 31.9 Å². The second-order valence-electron chi connectivity index (χ2n) is 9.56. The lowest BCUT2D eigenvalue weighted by molar-refractivity contribution is 0.0607. The summed E-state index contributed by atoms with van der Waals surface area (Å²) in [7, 11) is 0. The van der Waals surface area contributed by atoms with Crippen molar-refractivity contribution in [1.29, 1.82) is 0 Å². The number of piperazine rings is 1. The Morgan fingerprint density at radius 3 is 2.64 bits per heavy atom. The molecular weight excluding hydrogens is 502 g/mol. The number of carbonyl (C=O) groups is 1. The first-order chi connectivity index (χ1) is 17.4. The van der Waals surface area contributed by atoms with E-state index < -0.39 is 0 Å². The number of benzene rings is 1. The van der Waals surface area contributed by atoms with Gasteiger partial charge in [0.05, 0.1) is 10.6 Å². The van der Waals surface area contributed by atoms with E-state index in [1.54, 1.807) is 24.4 Å². The summed E-state index contributed by atoms with van der Waals surface area (Å²) in [5.74, 6) is 0.274. The monoisotopic (exact) mass is 536 g/mol. The minimum absolute atomic E-state index is 0.220. The summed E-state index contributed by atoms with van der Waals surface area (Å²) in [6.07, 6.45) is 4.75. The normalized spacial score (nSPS) is 20.0. The maximum absolute atomic E-state index is 14.2. The Balaban J connectivity index is 1.33. The SMILES string of the molecule is CC[C@H]1CN(c2ncc(C(=O)NCCN)cc2Cl)CCN1C1CCN(Cc2ccc(Cl)cc2F)CC1. The van der Waals surface area contributed by atoms with E-state index in [1.165, 1.54) is 6.07 Å². The number of piperidine rings is 1. The smallest absolute Gasteiger partial charge is 0.252 e. The van der Waals surface area contributed by atoms with Crippen LogP contribution in [-0.4, -0.2) is 78.6 Å². The molecule has 2 aliphatic rings. The van der Waals surface area contributed by atoms with Crippen LogP contribution < -0.4 is 16.0 Å². The molecule has 1 atom stereocenters. The molecule has 2 fully saturated rings. The molecular formula is C26H35Cl2FN6O. The summed E-state index contributed by atoms with van der Waals surface area (Å²) < 4.78 is 14.2. The Morgan fingerprint density at radius 1 is 1.19 bits per heavy atom. The molecule has 1 aromatic carbocycles. The second-order valence-corrected chi connectivity index (χ2v) is 10.4. The van der Waals surface area contributed by atoms with Gasteiger partial charge in [-0.3, -0.25) is 14.6 Å². The molecule has 4 rings (SSSR count). The fourth-order valence-electron chi connectivity index (χ4n) is 5.28. The summed E-state index contributed by atoms with van der Waals surface area (Å²) in [5, 5.41) is 3.66. The Bertz CT molecular complexity index is 1050. The third kappa shape index (κ3) is 6.47. The van der Waals surface area contributed by atoms with Crippen LogP contribution in [0.25, 0.3) is 0 Å². The average molecular weight is 538 g/mol. The molecule has 0 spiro atoms. The summed E-state index contributed by atoms with van der Waals surface area (Å²) in [4.78, 5) is 23.9. The molecule has 3 N–H and O–H groups in total. The van der Waals surface area contributed by atoms with Crippen molar-refractivity contribution in [3.8, 4) is 0 Å². The molecule has 0 saturated carbocycles. The number of hydrogen-bond donors (Lipinski definition) is 2. The predicted molar refractivity (Wildman–Crippen MR) is 143 cm³/mol. The number of halogens is 3. The Labute approximate surface area is 222 Å². The highest BCUT2D eigenvalue weighted by atomic mass is 35.5. The standard InChI is InChI=1S/C26H35Cl2FN6O/c1-2-21-17-34(25-23(28)13-19(15-32-25)26(36)31-8-7-30)11-12-35(21)22-5-9-33(10-6-22)16-18-3-4-20(27)14-24(18)29/h3-4,13-15,21-22H,2,5-12,16-17,30H2,1H3,(H,31,36)/t21-/m0/s1. The second kappa shape index (κ2) is 12.5. The van der Waals surface area contributed by atoms with Crippen molar-refractivity contribution in [3.63, 3.8) is 0 Å². The lowest BCUT2D eigenvalue weighted by Crippen LogP contribution is -2.58. The summed E-state index contributed by atoms with van der Waals surface area (Å²) in [6.45, 7) is 8.14. The van der Waals surface area contributed by atoms with E-state index in [0.717, 1.165) is 57.8 Å². The number of pyridine rings is 1. The van der Waals surface area contributed by atoms with Gasteiger partial charge < -0.3 is 16.0 Å². The van der Waals surface area contributed by atoms with Crippen LogP contribution in [0.4, 0.5) is 10.2 Å². The van der Waals surface area contributed by atoms with Crippen LogP contribution >= 0.6 is 23.2 Å². The van der Waals surface area contributed by atoms with E-state index in [-0.39, 0.29) is 11.7 Å². The number of nitrogens with zero attached hydrogens (tertiary/aromatic N) is 4. The lowest BCUT2D eigenvalue weighted by Gasteiger charge is -2.47. The van der Waals surface area contributed by atoms with Crippen molar-refractivity contribution >= 4 is 34.9 Å². The third-order valence-electron chi connectivity index (χ3n) is 7.25. The molecule has 2 aliphatic heterocycles. The fraction of sp³-hybridized carbons (Fsp3) is 0.538. The number of amides is 1. The molecule has 36 heavy (non-hydrogen) atoms. The van der Waals surface area contributed by atoms with Crippen molar-refractivity contribution in [3.05, 3.63) is 57.5 Å². The number of rotatable bonds is 8. The van der Waals surface area contributed by atoms with Gasteiger partial charge in [-0.25, -0.2) is 9.37 Å².